The van der Waals surface area contributed by atoms with Gasteiger partial charge in [-0.05, 0) is 50.3 Å². The third-order valence-corrected chi connectivity index (χ3v) is 5.75. The largest absolute Gasteiger partial charge is 0.492 e. The molecule has 0 bridgehead atoms. The minimum Gasteiger partial charge on any atom is -0.492 e. The van der Waals surface area contributed by atoms with Crippen molar-refractivity contribution in [2.24, 2.45) is 0 Å². The summed E-state index contributed by atoms with van der Waals surface area (Å²) in [5.41, 5.74) is 3.47. The fourth-order valence-electron chi connectivity index (χ4n) is 3.81. The van der Waals surface area contributed by atoms with E-state index in [1.54, 1.807) is 12.1 Å². The summed E-state index contributed by atoms with van der Waals surface area (Å²) in [4.78, 5) is 4.27. The van der Waals surface area contributed by atoms with Gasteiger partial charge < -0.3 is 14.5 Å². The lowest BCUT2D eigenvalue weighted by Crippen LogP contribution is -2.26. The molecule has 0 fully saturated rings. The quantitative estimate of drug-likeness (QED) is 0.695. The topological polar surface area (TPSA) is 85.7 Å². The SMILES string of the molecule is CCN1c2cc(OCCN(C)C)ccc2C(C#N)C1c1ccc(NS(C)(=O)=O)cc1. The molecule has 0 amide bonds. The summed E-state index contributed by atoms with van der Waals surface area (Å²) in [6, 6.07) is 15.5. The lowest BCUT2D eigenvalue weighted by atomic mass is 9.91. The standard InChI is InChI=1S/C22H28N4O3S/c1-5-26-21-14-18(29-13-12-25(2)3)10-11-19(21)20(15-23)22(26)16-6-8-17(9-7-16)24-30(4,27)28/h6-11,14,20,22,24H,5,12-13H2,1-4H3. The number of hydrogen-bond acceptors (Lipinski definition) is 6. The molecule has 1 heterocycles. The van der Waals surface area contributed by atoms with E-state index in [1.165, 1.54) is 0 Å². The summed E-state index contributed by atoms with van der Waals surface area (Å²) in [6.07, 6.45) is 1.12. The third kappa shape index (κ3) is 4.86. The van der Waals surface area contributed by atoms with Crippen molar-refractivity contribution in [2.45, 2.75) is 18.9 Å². The Labute approximate surface area is 178 Å². The number of sulfonamides is 1. The second kappa shape index (κ2) is 8.94. The molecule has 0 saturated heterocycles. The highest BCUT2D eigenvalue weighted by Gasteiger charge is 2.39. The number of fused-ring (bicyclic) bond motifs is 1. The van der Waals surface area contributed by atoms with Crippen LogP contribution >= 0.6 is 0 Å². The highest BCUT2D eigenvalue weighted by atomic mass is 32.2. The molecule has 0 aliphatic carbocycles. The average molecular weight is 429 g/mol. The first-order chi connectivity index (χ1) is 14.2. The van der Waals surface area contributed by atoms with Crippen molar-refractivity contribution in [2.75, 3.05) is 49.7 Å². The molecule has 1 aliphatic heterocycles. The van der Waals surface area contributed by atoms with E-state index >= 15 is 0 Å². The van der Waals surface area contributed by atoms with Gasteiger partial charge in [0.1, 0.15) is 12.4 Å². The number of nitriles is 1. The Kier molecular flexibility index (Phi) is 6.54. The van der Waals surface area contributed by atoms with Crippen molar-refractivity contribution in [3.8, 4) is 11.8 Å². The number of hydrogen-bond donors (Lipinski definition) is 1. The molecule has 160 valence electrons. The van der Waals surface area contributed by atoms with Crippen molar-refractivity contribution < 1.29 is 13.2 Å². The molecule has 0 saturated carbocycles. The fraction of sp³-hybridized carbons (Fsp3) is 0.409. The summed E-state index contributed by atoms with van der Waals surface area (Å²) in [6.45, 7) is 4.22. The molecule has 2 aromatic rings. The van der Waals surface area contributed by atoms with Crippen molar-refractivity contribution in [1.29, 1.82) is 5.26 Å². The smallest absolute Gasteiger partial charge is 0.229 e. The van der Waals surface area contributed by atoms with E-state index in [4.69, 9.17) is 4.74 Å². The van der Waals surface area contributed by atoms with Gasteiger partial charge in [-0.3, -0.25) is 4.72 Å². The van der Waals surface area contributed by atoms with Gasteiger partial charge in [-0.15, -0.1) is 0 Å². The Bertz CT molecular complexity index is 1030. The van der Waals surface area contributed by atoms with Crippen LogP contribution in [0.4, 0.5) is 11.4 Å². The summed E-state index contributed by atoms with van der Waals surface area (Å²) in [5, 5.41) is 9.93. The molecule has 8 heteroatoms. The van der Waals surface area contributed by atoms with E-state index in [1.807, 2.05) is 44.4 Å². The maximum atomic E-state index is 11.5. The lowest BCUT2D eigenvalue weighted by Gasteiger charge is -2.28. The normalized spacial score (nSPS) is 18.2. The van der Waals surface area contributed by atoms with Crippen molar-refractivity contribution in [3.05, 3.63) is 53.6 Å². The summed E-state index contributed by atoms with van der Waals surface area (Å²) < 4.78 is 31.3. The molecule has 2 unspecified atom stereocenters. The Balaban J connectivity index is 1.89. The van der Waals surface area contributed by atoms with Crippen molar-refractivity contribution >= 4 is 21.4 Å². The number of likely N-dealkylation sites (N-methyl/N-ethyl adjacent to an activating group) is 2. The van der Waals surface area contributed by atoms with Gasteiger partial charge >= 0.3 is 0 Å². The summed E-state index contributed by atoms with van der Waals surface area (Å²) >= 11 is 0. The van der Waals surface area contributed by atoms with Gasteiger partial charge in [0.2, 0.25) is 10.0 Å². The molecule has 7 nitrogen and oxygen atoms in total. The molecular formula is C22H28N4O3S. The molecule has 1 N–H and O–H groups in total. The van der Waals surface area contributed by atoms with Gasteiger partial charge in [0.25, 0.3) is 0 Å². The number of benzene rings is 2. The predicted octanol–water partition coefficient (Wildman–Crippen LogP) is 3.19. The second-order valence-electron chi connectivity index (χ2n) is 7.71. The minimum atomic E-state index is -3.33. The Morgan fingerprint density at radius 3 is 2.47 bits per heavy atom. The predicted molar refractivity (Wildman–Crippen MR) is 120 cm³/mol. The maximum Gasteiger partial charge on any atom is 0.229 e. The fourth-order valence-corrected chi connectivity index (χ4v) is 4.38. The van der Waals surface area contributed by atoms with Crippen LogP contribution in [0.15, 0.2) is 42.5 Å². The first kappa shape index (κ1) is 21.9. The number of nitrogens with zero attached hydrogens (tertiary/aromatic N) is 3. The first-order valence-corrected chi connectivity index (χ1v) is 11.8. The molecule has 2 atom stereocenters. The van der Waals surface area contributed by atoms with E-state index < -0.39 is 10.0 Å². The highest BCUT2D eigenvalue weighted by Crippen LogP contribution is 2.49. The van der Waals surface area contributed by atoms with Crippen LogP contribution in [0.2, 0.25) is 0 Å². The van der Waals surface area contributed by atoms with Gasteiger partial charge in [-0.1, -0.05) is 18.2 Å². The van der Waals surface area contributed by atoms with Crippen LogP contribution in [-0.4, -0.2) is 53.4 Å². The summed E-state index contributed by atoms with van der Waals surface area (Å²) in [5.74, 6) is 0.476. The van der Waals surface area contributed by atoms with E-state index in [0.29, 0.717) is 12.3 Å². The molecule has 30 heavy (non-hydrogen) atoms. The van der Waals surface area contributed by atoms with Crippen LogP contribution in [0.3, 0.4) is 0 Å². The van der Waals surface area contributed by atoms with Gasteiger partial charge in [0.15, 0.2) is 0 Å². The van der Waals surface area contributed by atoms with E-state index in [0.717, 1.165) is 41.9 Å². The van der Waals surface area contributed by atoms with Crippen molar-refractivity contribution in [3.63, 3.8) is 0 Å². The van der Waals surface area contributed by atoms with E-state index in [-0.39, 0.29) is 12.0 Å². The van der Waals surface area contributed by atoms with Crippen LogP contribution < -0.4 is 14.4 Å². The van der Waals surface area contributed by atoms with Gasteiger partial charge in [0.05, 0.1) is 24.3 Å². The number of rotatable bonds is 8. The zero-order valence-electron chi connectivity index (χ0n) is 17.8. The number of ether oxygens (including phenoxy) is 1. The highest BCUT2D eigenvalue weighted by molar-refractivity contribution is 7.92. The van der Waals surface area contributed by atoms with Crippen LogP contribution in [-0.2, 0) is 10.0 Å². The zero-order valence-corrected chi connectivity index (χ0v) is 18.6. The Morgan fingerprint density at radius 2 is 1.90 bits per heavy atom. The molecule has 3 rings (SSSR count). The maximum absolute atomic E-state index is 11.5. The summed E-state index contributed by atoms with van der Waals surface area (Å²) in [7, 11) is 0.676. The van der Waals surface area contributed by atoms with Crippen LogP contribution in [0.1, 0.15) is 30.0 Å². The molecule has 2 aromatic carbocycles. The average Bonchev–Trinajstić information content (AvgIpc) is 2.99. The Morgan fingerprint density at radius 1 is 1.20 bits per heavy atom. The van der Waals surface area contributed by atoms with Gasteiger partial charge in [-0.2, -0.15) is 5.26 Å². The van der Waals surface area contributed by atoms with Gasteiger partial charge in [0, 0.05) is 30.5 Å². The van der Waals surface area contributed by atoms with E-state index in [9.17, 15) is 13.7 Å². The zero-order chi connectivity index (χ0) is 21.9. The Hall–Kier alpha value is -2.76. The molecule has 1 aliphatic rings. The minimum absolute atomic E-state index is 0.140. The molecule has 0 radical (unpaired) electrons. The second-order valence-corrected chi connectivity index (χ2v) is 9.45. The van der Waals surface area contributed by atoms with Crippen LogP contribution in [0.25, 0.3) is 0 Å². The molecule has 0 aromatic heterocycles. The van der Waals surface area contributed by atoms with Crippen LogP contribution in [0.5, 0.6) is 5.75 Å². The molecular weight excluding hydrogens is 400 g/mol. The third-order valence-electron chi connectivity index (χ3n) is 5.14. The number of nitrogens with one attached hydrogen (secondary N) is 1. The first-order valence-electron chi connectivity index (χ1n) is 9.89. The van der Waals surface area contributed by atoms with Crippen molar-refractivity contribution in [1.82, 2.24) is 4.90 Å². The van der Waals surface area contributed by atoms with Crippen LogP contribution in [0, 0.1) is 11.3 Å². The van der Waals surface area contributed by atoms with E-state index in [2.05, 4.69) is 27.5 Å². The number of anilines is 2. The molecule has 0 spiro atoms. The monoisotopic (exact) mass is 428 g/mol. The lowest BCUT2D eigenvalue weighted by molar-refractivity contribution is 0.261. The van der Waals surface area contributed by atoms with Gasteiger partial charge in [-0.25, -0.2) is 8.42 Å².